The van der Waals surface area contributed by atoms with Gasteiger partial charge >= 0.3 is 0 Å². The zero-order chi connectivity index (χ0) is 22.5. The Morgan fingerprint density at radius 2 is 1.74 bits per heavy atom. The van der Waals surface area contributed by atoms with Gasteiger partial charge in [-0.3, -0.25) is 9.52 Å². The molecule has 0 aromatic heterocycles. The van der Waals surface area contributed by atoms with Gasteiger partial charge in [0.15, 0.2) is 0 Å². The zero-order valence-corrected chi connectivity index (χ0v) is 18.8. The molecule has 1 aliphatic rings. The van der Waals surface area contributed by atoms with Crippen LogP contribution in [0, 0.1) is 0 Å². The number of ether oxygens (including phenoxy) is 1. The number of para-hydroxylation sites is 1. The number of halogens is 1. The Kier molecular flexibility index (Phi) is 7.55. The number of hydrogen-bond acceptors (Lipinski definition) is 6. The molecule has 1 saturated heterocycles. The number of nitrogens with one attached hydrogen (secondary N) is 2. The minimum absolute atomic E-state index is 0.0887. The van der Waals surface area contributed by atoms with Crippen LogP contribution in [0.4, 0.5) is 5.69 Å². The van der Waals surface area contributed by atoms with Crippen LogP contribution in [-0.4, -0.2) is 65.6 Å². The second-order valence-electron chi connectivity index (χ2n) is 6.70. The topological polar surface area (TPSA) is 122 Å². The molecule has 0 aliphatic carbocycles. The molecule has 1 fully saturated rings. The predicted molar refractivity (Wildman–Crippen MR) is 117 cm³/mol. The first-order valence-electron chi connectivity index (χ1n) is 9.40. The molecular weight excluding hydrogens is 466 g/mol. The van der Waals surface area contributed by atoms with Crippen LogP contribution in [0.15, 0.2) is 53.4 Å². The third-order valence-electron chi connectivity index (χ3n) is 4.53. The maximum atomic E-state index is 12.7. The van der Waals surface area contributed by atoms with E-state index in [1.807, 2.05) is 0 Å². The first kappa shape index (κ1) is 23.5. The molecule has 1 aliphatic heterocycles. The zero-order valence-electron chi connectivity index (χ0n) is 16.5. The third kappa shape index (κ3) is 6.17. The number of carbonyl (C=O) groups is 1. The van der Waals surface area contributed by atoms with Crippen molar-refractivity contribution < 1.29 is 26.4 Å². The maximum Gasteiger partial charge on any atom is 0.261 e. The lowest BCUT2D eigenvalue weighted by molar-refractivity contribution is 0.0730. The highest BCUT2D eigenvalue weighted by atomic mass is 35.5. The Bertz CT molecular complexity index is 1150. The average Bonchev–Trinajstić information content (AvgIpc) is 2.76. The SMILES string of the molecule is O=C(NCCS(=O)(=O)N1CCOCC1)c1cccc(S(=O)(=O)Nc2ccccc2Cl)c1. The minimum atomic E-state index is -3.98. The summed E-state index contributed by atoms with van der Waals surface area (Å²) in [5, 5.41) is 2.76. The number of carbonyl (C=O) groups excluding carboxylic acids is 1. The van der Waals surface area contributed by atoms with Crippen LogP contribution in [0.25, 0.3) is 0 Å². The summed E-state index contributed by atoms with van der Waals surface area (Å²) >= 11 is 6.00. The number of benzene rings is 2. The van der Waals surface area contributed by atoms with Crippen LogP contribution in [-0.2, 0) is 24.8 Å². The fourth-order valence-corrected chi connectivity index (χ4v) is 5.59. The number of sulfonamides is 2. The van der Waals surface area contributed by atoms with E-state index in [9.17, 15) is 21.6 Å². The van der Waals surface area contributed by atoms with Crippen molar-refractivity contribution in [3.05, 3.63) is 59.1 Å². The fourth-order valence-electron chi connectivity index (χ4n) is 2.90. The van der Waals surface area contributed by atoms with Crippen molar-refractivity contribution >= 4 is 43.2 Å². The van der Waals surface area contributed by atoms with Gasteiger partial charge in [-0.2, -0.15) is 4.31 Å². The first-order chi connectivity index (χ1) is 14.7. The van der Waals surface area contributed by atoms with Gasteiger partial charge in [-0.15, -0.1) is 0 Å². The molecule has 1 amide bonds. The largest absolute Gasteiger partial charge is 0.379 e. The molecule has 12 heteroatoms. The Morgan fingerprint density at radius 1 is 1.03 bits per heavy atom. The second-order valence-corrected chi connectivity index (χ2v) is 10.9. The Labute approximate surface area is 186 Å². The van der Waals surface area contributed by atoms with E-state index in [0.29, 0.717) is 13.2 Å². The van der Waals surface area contributed by atoms with E-state index in [0.717, 1.165) is 0 Å². The van der Waals surface area contributed by atoms with Gasteiger partial charge in [-0.25, -0.2) is 16.8 Å². The van der Waals surface area contributed by atoms with Crippen molar-refractivity contribution in [2.75, 3.05) is 43.3 Å². The van der Waals surface area contributed by atoms with Crippen molar-refractivity contribution in [1.82, 2.24) is 9.62 Å². The number of nitrogens with zero attached hydrogens (tertiary/aromatic N) is 1. The Hall–Kier alpha value is -2.18. The summed E-state index contributed by atoms with van der Waals surface area (Å²) < 4.78 is 58.8. The summed E-state index contributed by atoms with van der Waals surface area (Å²) in [5.41, 5.74) is 0.304. The molecule has 0 spiro atoms. The van der Waals surface area contributed by atoms with Gasteiger partial charge in [0.1, 0.15) is 0 Å². The lowest BCUT2D eigenvalue weighted by Gasteiger charge is -2.26. The summed E-state index contributed by atoms with van der Waals surface area (Å²) in [7, 11) is -7.49. The van der Waals surface area contributed by atoms with Crippen LogP contribution in [0.5, 0.6) is 0 Å². The van der Waals surface area contributed by atoms with Crippen LogP contribution < -0.4 is 10.0 Å². The summed E-state index contributed by atoms with van der Waals surface area (Å²) in [6.07, 6.45) is 0. The highest BCUT2D eigenvalue weighted by Gasteiger charge is 2.24. The van der Waals surface area contributed by atoms with Crippen LogP contribution in [0.2, 0.25) is 5.02 Å². The van der Waals surface area contributed by atoms with Gasteiger partial charge in [-0.1, -0.05) is 29.8 Å². The quantitative estimate of drug-likeness (QED) is 0.582. The number of morpholine rings is 1. The van der Waals surface area contributed by atoms with Gasteiger partial charge in [0.05, 0.1) is 34.6 Å². The van der Waals surface area contributed by atoms with E-state index in [2.05, 4.69) is 10.0 Å². The molecule has 0 saturated carbocycles. The molecular formula is C19H22ClN3O6S2. The average molecular weight is 488 g/mol. The standard InChI is InChI=1S/C19H22ClN3O6S2/c20-17-6-1-2-7-18(17)22-31(27,28)16-5-3-4-15(14-16)19(24)21-8-13-30(25,26)23-9-11-29-12-10-23/h1-7,14,22H,8-13H2,(H,21,24). The van der Waals surface area contributed by atoms with Crippen LogP contribution >= 0.6 is 11.6 Å². The normalized spacial score (nSPS) is 15.4. The van der Waals surface area contributed by atoms with Crippen LogP contribution in [0.3, 0.4) is 0 Å². The molecule has 3 rings (SSSR count). The summed E-state index contributed by atoms with van der Waals surface area (Å²) in [6, 6.07) is 11.8. The molecule has 0 atom stereocenters. The monoisotopic (exact) mass is 487 g/mol. The van der Waals surface area contributed by atoms with E-state index in [1.165, 1.54) is 34.6 Å². The van der Waals surface area contributed by atoms with Gasteiger partial charge in [0, 0.05) is 25.2 Å². The van der Waals surface area contributed by atoms with Gasteiger partial charge in [-0.05, 0) is 30.3 Å². The van der Waals surface area contributed by atoms with Crippen molar-refractivity contribution in [2.45, 2.75) is 4.90 Å². The summed E-state index contributed by atoms with van der Waals surface area (Å²) in [6.45, 7) is 1.15. The van der Waals surface area contributed by atoms with Gasteiger partial charge in [0.25, 0.3) is 15.9 Å². The molecule has 2 aromatic carbocycles. The summed E-state index contributed by atoms with van der Waals surface area (Å²) in [4.78, 5) is 12.3. The molecule has 0 bridgehead atoms. The third-order valence-corrected chi connectivity index (χ3v) is 8.10. The lowest BCUT2D eigenvalue weighted by Crippen LogP contribution is -2.43. The van der Waals surface area contributed by atoms with Crippen molar-refractivity contribution in [1.29, 1.82) is 0 Å². The maximum absolute atomic E-state index is 12.7. The summed E-state index contributed by atoms with van der Waals surface area (Å²) in [5.74, 6) is -0.836. The van der Waals surface area contributed by atoms with E-state index >= 15 is 0 Å². The molecule has 2 N–H and O–H groups in total. The van der Waals surface area contributed by atoms with Gasteiger partial charge < -0.3 is 10.1 Å². The number of rotatable bonds is 8. The fraction of sp³-hybridized carbons (Fsp3) is 0.316. The predicted octanol–water partition coefficient (Wildman–Crippen LogP) is 1.53. The molecule has 0 radical (unpaired) electrons. The molecule has 2 aromatic rings. The van der Waals surface area contributed by atoms with E-state index < -0.39 is 26.0 Å². The van der Waals surface area contributed by atoms with Crippen molar-refractivity contribution in [3.63, 3.8) is 0 Å². The Balaban J connectivity index is 1.64. The van der Waals surface area contributed by atoms with Crippen molar-refractivity contribution in [2.24, 2.45) is 0 Å². The highest BCUT2D eigenvalue weighted by molar-refractivity contribution is 7.92. The molecule has 1 heterocycles. The van der Waals surface area contributed by atoms with Gasteiger partial charge in [0.2, 0.25) is 10.0 Å². The van der Waals surface area contributed by atoms with E-state index in [-0.39, 0.29) is 46.6 Å². The van der Waals surface area contributed by atoms with E-state index in [4.69, 9.17) is 16.3 Å². The lowest BCUT2D eigenvalue weighted by atomic mass is 10.2. The minimum Gasteiger partial charge on any atom is -0.379 e. The smallest absolute Gasteiger partial charge is 0.261 e. The molecule has 0 unspecified atom stereocenters. The first-order valence-corrected chi connectivity index (χ1v) is 12.9. The molecule has 9 nitrogen and oxygen atoms in total. The number of amides is 1. The van der Waals surface area contributed by atoms with E-state index in [1.54, 1.807) is 18.2 Å². The van der Waals surface area contributed by atoms with Crippen molar-refractivity contribution in [3.8, 4) is 0 Å². The highest BCUT2D eigenvalue weighted by Crippen LogP contribution is 2.24. The number of anilines is 1. The molecule has 168 valence electrons. The Morgan fingerprint density at radius 3 is 2.45 bits per heavy atom. The number of hydrogen-bond donors (Lipinski definition) is 2. The second kappa shape index (κ2) is 9.96. The molecule has 31 heavy (non-hydrogen) atoms. The van der Waals surface area contributed by atoms with Crippen LogP contribution in [0.1, 0.15) is 10.4 Å².